The molecule has 14 heteroatoms. The number of hydrogen-bond acceptors (Lipinski definition) is 9. The lowest BCUT2D eigenvalue weighted by Gasteiger charge is -2.24. The molecule has 0 heterocycles. The molecule has 4 atom stereocenters. The van der Waals surface area contributed by atoms with Crippen LogP contribution in [0.25, 0.3) is 0 Å². The second-order valence-electron chi connectivity index (χ2n) is 8.16. The number of carbonyl (C=O) groups excluding carboxylic acids is 3. The molecule has 4 unspecified atom stereocenters. The van der Waals surface area contributed by atoms with E-state index >= 15 is 0 Å². The Bertz CT molecular complexity index is 932. The molecular formula is C23H34N4O8S2. The molecule has 8 N–H and O–H groups in total. The first-order valence-corrected chi connectivity index (χ1v) is 14.1. The van der Waals surface area contributed by atoms with Crippen LogP contribution in [0, 0.1) is 0 Å². The van der Waals surface area contributed by atoms with Gasteiger partial charge in [-0.15, -0.1) is 0 Å². The van der Waals surface area contributed by atoms with Gasteiger partial charge in [-0.3, -0.25) is 19.2 Å². The van der Waals surface area contributed by atoms with Crippen molar-refractivity contribution in [2.24, 2.45) is 5.73 Å². The molecule has 1 aromatic carbocycles. The number of amides is 3. The number of rotatable bonds is 17. The maximum atomic E-state index is 13.0. The zero-order valence-electron chi connectivity index (χ0n) is 20.6. The summed E-state index contributed by atoms with van der Waals surface area (Å²) in [6, 6.07) is 0.893. The number of carboxylic acids is 2. The third-order valence-corrected chi connectivity index (χ3v) is 6.50. The minimum atomic E-state index is -1.48. The summed E-state index contributed by atoms with van der Waals surface area (Å²) in [6.45, 7) is 0. The van der Waals surface area contributed by atoms with Gasteiger partial charge in [0.2, 0.25) is 17.7 Å². The van der Waals surface area contributed by atoms with Crippen molar-refractivity contribution in [2.45, 2.75) is 49.9 Å². The molecule has 0 spiro atoms. The van der Waals surface area contributed by atoms with Gasteiger partial charge in [0.25, 0.3) is 0 Å². The van der Waals surface area contributed by atoms with E-state index < -0.39 is 60.2 Å². The largest absolute Gasteiger partial charge is 0.508 e. The predicted molar refractivity (Wildman–Crippen MR) is 141 cm³/mol. The average molecular weight is 559 g/mol. The van der Waals surface area contributed by atoms with E-state index in [0.29, 0.717) is 23.5 Å². The summed E-state index contributed by atoms with van der Waals surface area (Å²) in [5, 5.41) is 35.4. The molecule has 0 aromatic heterocycles. The van der Waals surface area contributed by atoms with E-state index in [9.17, 15) is 39.3 Å². The van der Waals surface area contributed by atoms with Crippen molar-refractivity contribution < 1.29 is 39.3 Å². The number of nitrogens with one attached hydrogen (secondary N) is 3. The molecule has 0 aliphatic carbocycles. The molecule has 1 aromatic rings. The number of thioether (sulfide) groups is 2. The SMILES string of the molecule is CSCCC(N)C(=O)NC(CC(=O)O)C(=O)NC(CCSC)C(=O)NC(Cc1ccc(O)cc1)C(=O)O. The third-order valence-electron chi connectivity index (χ3n) is 5.22. The Balaban J connectivity index is 2.98. The topological polar surface area (TPSA) is 208 Å². The molecule has 0 saturated heterocycles. The van der Waals surface area contributed by atoms with E-state index in [1.54, 1.807) is 6.26 Å². The molecule has 0 fully saturated rings. The fourth-order valence-corrected chi connectivity index (χ4v) is 4.12. The molecule has 1 rings (SSSR count). The molecule has 0 bridgehead atoms. The Morgan fingerprint density at radius 3 is 1.86 bits per heavy atom. The van der Waals surface area contributed by atoms with Gasteiger partial charge in [-0.2, -0.15) is 23.5 Å². The first-order chi connectivity index (χ1) is 17.5. The highest BCUT2D eigenvalue weighted by atomic mass is 32.2. The Labute approximate surface area is 223 Å². The lowest BCUT2D eigenvalue weighted by atomic mass is 10.0. The second-order valence-corrected chi connectivity index (χ2v) is 10.1. The van der Waals surface area contributed by atoms with Crippen molar-refractivity contribution in [3.8, 4) is 5.75 Å². The fraction of sp³-hybridized carbons (Fsp3) is 0.522. The first-order valence-electron chi connectivity index (χ1n) is 11.4. The minimum absolute atomic E-state index is 0.00715. The number of phenols is 1. The monoisotopic (exact) mass is 558 g/mol. The van der Waals surface area contributed by atoms with E-state index in [-0.39, 0.29) is 18.6 Å². The number of carbonyl (C=O) groups is 5. The molecule has 0 aliphatic heterocycles. The lowest BCUT2D eigenvalue weighted by molar-refractivity contribution is -0.143. The van der Waals surface area contributed by atoms with Crippen molar-refractivity contribution in [3.63, 3.8) is 0 Å². The molecule has 12 nitrogen and oxygen atoms in total. The fourth-order valence-electron chi connectivity index (χ4n) is 3.16. The molecule has 37 heavy (non-hydrogen) atoms. The molecule has 3 amide bonds. The van der Waals surface area contributed by atoms with Crippen LogP contribution in [0.3, 0.4) is 0 Å². The van der Waals surface area contributed by atoms with Crippen LogP contribution in [0.15, 0.2) is 24.3 Å². The van der Waals surface area contributed by atoms with Crippen LogP contribution in [-0.4, -0.2) is 93.2 Å². The molecular weight excluding hydrogens is 524 g/mol. The Hall–Kier alpha value is -2.97. The highest BCUT2D eigenvalue weighted by Gasteiger charge is 2.31. The number of nitrogens with two attached hydrogens (primary N) is 1. The van der Waals surface area contributed by atoms with Crippen molar-refractivity contribution in [2.75, 3.05) is 24.0 Å². The van der Waals surface area contributed by atoms with Crippen LogP contribution in [0.2, 0.25) is 0 Å². The number of hydrogen-bond donors (Lipinski definition) is 7. The molecule has 0 saturated carbocycles. The first kappa shape index (κ1) is 32.1. The zero-order chi connectivity index (χ0) is 28.0. The van der Waals surface area contributed by atoms with Gasteiger partial charge in [-0.05, 0) is 54.6 Å². The highest BCUT2D eigenvalue weighted by Crippen LogP contribution is 2.12. The van der Waals surface area contributed by atoms with E-state index in [1.807, 2.05) is 6.26 Å². The highest BCUT2D eigenvalue weighted by molar-refractivity contribution is 7.98. The van der Waals surface area contributed by atoms with E-state index in [2.05, 4.69) is 16.0 Å². The van der Waals surface area contributed by atoms with Gasteiger partial charge < -0.3 is 37.0 Å². The summed E-state index contributed by atoms with van der Waals surface area (Å²) < 4.78 is 0. The summed E-state index contributed by atoms with van der Waals surface area (Å²) in [5.74, 6) is -3.98. The number of carboxylic acid groups (broad SMARTS) is 2. The Morgan fingerprint density at radius 1 is 0.811 bits per heavy atom. The molecule has 206 valence electrons. The van der Waals surface area contributed by atoms with Crippen molar-refractivity contribution >= 4 is 53.2 Å². The minimum Gasteiger partial charge on any atom is -0.508 e. The summed E-state index contributed by atoms with van der Waals surface area (Å²) in [6.07, 6.45) is 3.27. The molecule has 0 aliphatic rings. The van der Waals surface area contributed by atoms with Crippen LogP contribution >= 0.6 is 23.5 Å². The average Bonchev–Trinajstić information content (AvgIpc) is 2.84. The van der Waals surface area contributed by atoms with Crippen molar-refractivity contribution in [1.82, 2.24) is 16.0 Å². The second kappa shape index (κ2) is 16.7. The van der Waals surface area contributed by atoms with Crippen LogP contribution in [-0.2, 0) is 30.4 Å². The van der Waals surface area contributed by atoms with Gasteiger partial charge in [-0.25, -0.2) is 4.79 Å². The quantitative estimate of drug-likeness (QED) is 0.133. The zero-order valence-corrected chi connectivity index (χ0v) is 22.3. The normalized spacial score (nSPS) is 14.0. The summed E-state index contributed by atoms with van der Waals surface area (Å²) in [4.78, 5) is 61.3. The van der Waals surface area contributed by atoms with Crippen molar-refractivity contribution in [3.05, 3.63) is 29.8 Å². The number of aliphatic carboxylic acids is 2. The lowest BCUT2D eigenvalue weighted by Crippen LogP contribution is -2.57. The Kier molecular flexibility index (Phi) is 14.5. The number of phenolic OH excluding ortho intramolecular Hbond substituents is 1. The van der Waals surface area contributed by atoms with Gasteiger partial charge in [0.15, 0.2) is 0 Å². The predicted octanol–water partition coefficient (Wildman–Crippen LogP) is -0.218. The van der Waals surface area contributed by atoms with Gasteiger partial charge in [0, 0.05) is 6.42 Å². The number of benzene rings is 1. The van der Waals surface area contributed by atoms with Crippen LogP contribution in [0.1, 0.15) is 24.8 Å². The van der Waals surface area contributed by atoms with Crippen LogP contribution in [0.5, 0.6) is 5.75 Å². The maximum Gasteiger partial charge on any atom is 0.326 e. The number of aromatic hydroxyl groups is 1. The summed E-state index contributed by atoms with van der Waals surface area (Å²) >= 11 is 2.87. The van der Waals surface area contributed by atoms with E-state index in [4.69, 9.17) is 5.73 Å². The van der Waals surface area contributed by atoms with E-state index in [0.717, 1.165) is 0 Å². The standard InChI is InChI=1S/C23H34N4O8S2/c1-36-9-7-15(24)20(31)26-17(12-19(29)30)22(33)25-16(8-10-37-2)21(32)27-18(23(34)35)11-13-3-5-14(28)6-4-13/h3-6,15-18,28H,7-12,24H2,1-2H3,(H,25,33)(H,26,31)(H,27,32)(H,29,30)(H,34,35). The third kappa shape index (κ3) is 12.2. The van der Waals surface area contributed by atoms with Gasteiger partial charge in [0.1, 0.15) is 23.9 Å². The van der Waals surface area contributed by atoms with Gasteiger partial charge in [-0.1, -0.05) is 12.1 Å². The Morgan fingerprint density at radius 2 is 1.32 bits per heavy atom. The molecule has 0 radical (unpaired) electrons. The summed E-state index contributed by atoms with van der Waals surface area (Å²) in [5.41, 5.74) is 6.36. The van der Waals surface area contributed by atoms with Gasteiger partial charge >= 0.3 is 11.9 Å². The smallest absolute Gasteiger partial charge is 0.326 e. The van der Waals surface area contributed by atoms with Gasteiger partial charge in [0.05, 0.1) is 12.5 Å². The van der Waals surface area contributed by atoms with E-state index in [1.165, 1.54) is 47.8 Å². The summed E-state index contributed by atoms with van der Waals surface area (Å²) in [7, 11) is 0. The van der Waals surface area contributed by atoms with Crippen LogP contribution < -0.4 is 21.7 Å². The van der Waals surface area contributed by atoms with Crippen LogP contribution in [0.4, 0.5) is 0 Å². The van der Waals surface area contributed by atoms with Crippen molar-refractivity contribution in [1.29, 1.82) is 0 Å². The maximum absolute atomic E-state index is 13.0.